The number of aromatic nitrogens is 2. The lowest BCUT2D eigenvalue weighted by molar-refractivity contribution is -0.140. The van der Waals surface area contributed by atoms with Crippen molar-refractivity contribution in [1.29, 1.82) is 0 Å². The van der Waals surface area contributed by atoms with Crippen molar-refractivity contribution in [3.8, 4) is 35.2 Å². The van der Waals surface area contributed by atoms with E-state index in [4.69, 9.17) is 16.1 Å². The number of aliphatic hydroxyl groups is 1. The van der Waals surface area contributed by atoms with Gasteiger partial charge in [-0.3, -0.25) is 9.69 Å². The second kappa shape index (κ2) is 13.1. The highest BCUT2D eigenvalue weighted by atomic mass is 19.1. The van der Waals surface area contributed by atoms with Crippen molar-refractivity contribution >= 4 is 33.4 Å². The van der Waals surface area contributed by atoms with Crippen LogP contribution in [-0.2, 0) is 4.79 Å². The van der Waals surface area contributed by atoms with Gasteiger partial charge in [0.1, 0.15) is 35.7 Å². The molecule has 5 aliphatic rings. The maximum Gasteiger partial charge on any atom is 0.319 e. The molecule has 1 aliphatic carbocycles. The first-order valence-electron chi connectivity index (χ1n) is 18.8. The number of phenols is 1. The lowest BCUT2D eigenvalue weighted by atomic mass is 9.86. The van der Waals surface area contributed by atoms with Crippen LogP contribution in [0, 0.1) is 29.9 Å². The molecular formula is C41H42F3N5O4. The van der Waals surface area contributed by atoms with E-state index in [-0.39, 0.29) is 70.6 Å². The van der Waals surface area contributed by atoms with E-state index < -0.39 is 23.3 Å². The summed E-state index contributed by atoms with van der Waals surface area (Å²) in [6.45, 7) is 2.30. The Labute approximate surface area is 305 Å². The van der Waals surface area contributed by atoms with Gasteiger partial charge in [-0.05, 0) is 93.1 Å². The molecule has 4 aliphatic heterocycles. The van der Waals surface area contributed by atoms with Crippen LogP contribution in [0.2, 0.25) is 0 Å². The number of fused-ring (bicyclic) bond motifs is 5. The molecule has 5 heterocycles. The van der Waals surface area contributed by atoms with Gasteiger partial charge in [-0.15, -0.1) is 6.42 Å². The predicted octanol–water partition coefficient (Wildman–Crippen LogP) is 6.10. The first kappa shape index (κ1) is 34.2. The summed E-state index contributed by atoms with van der Waals surface area (Å²) in [6, 6.07) is 8.72. The van der Waals surface area contributed by atoms with E-state index in [0.717, 1.165) is 32.2 Å². The molecule has 12 heteroatoms. The highest BCUT2D eigenvalue weighted by Gasteiger charge is 2.50. The number of hydrogen-bond acceptors (Lipinski definition) is 8. The molecule has 4 aromatic rings. The molecule has 53 heavy (non-hydrogen) atoms. The number of alkyl halides is 1. The molecule has 1 saturated carbocycles. The minimum atomic E-state index is -0.949. The number of aliphatic hydroxyl groups excluding tert-OH is 1. The van der Waals surface area contributed by atoms with Gasteiger partial charge in [0, 0.05) is 60.4 Å². The molecule has 3 aromatic carbocycles. The first-order valence-corrected chi connectivity index (χ1v) is 18.8. The van der Waals surface area contributed by atoms with Crippen LogP contribution in [0.15, 0.2) is 36.4 Å². The predicted molar refractivity (Wildman–Crippen MR) is 194 cm³/mol. The second-order valence-corrected chi connectivity index (χ2v) is 15.7. The Morgan fingerprint density at radius 2 is 1.77 bits per heavy atom. The minimum Gasteiger partial charge on any atom is -0.508 e. The fourth-order valence-corrected chi connectivity index (χ4v) is 10.0. The van der Waals surface area contributed by atoms with E-state index in [2.05, 4.69) is 25.6 Å². The van der Waals surface area contributed by atoms with Crippen molar-refractivity contribution in [3.05, 3.63) is 53.6 Å². The molecule has 276 valence electrons. The zero-order valence-corrected chi connectivity index (χ0v) is 29.4. The van der Waals surface area contributed by atoms with Crippen LogP contribution in [0.5, 0.6) is 11.8 Å². The van der Waals surface area contributed by atoms with Crippen molar-refractivity contribution in [2.45, 2.75) is 87.7 Å². The summed E-state index contributed by atoms with van der Waals surface area (Å²) in [5, 5.41) is 21.9. The Morgan fingerprint density at radius 1 is 1.00 bits per heavy atom. The number of anilines is 1. The smallest absolute Gasteiger partial charge is 0.319 e. The maximum absolute atomic E-state index is 17.1. The summed E-state index contributed by atoms with van der Waals surface area (Å²) in [5.41, 5.74) is -0.245. The van der Waals surface area contributed by atoms with Crippen molar-refractivity contribution in [2.24, 2.45) is 5.92 Å². The zero-order valence-electron chi connectivity index (χ0n) is 29.4. The Kier molecular flexibility index (Phi) is 8.42. The number of terminal acetylenes is 1. The molecule has 2 bridgehead atoms. The second-order valence-electron chi connectivity index (χ2n) is 15.7. The first-order chi connectivity index (χ1) is 25.6. The van der Waals surface area contributed by atoms with Gasteiger partial charge >= 0.3 is 6.01 Å². The van der Waals surface area contributed by atoms with Crippen molar-refractivity contribution < 1.29 is 32.9 Å². The molecule has 1 aromatic heterocycles. The van der Waals surface area contributed by atoms with Crippen LogP contribution in [-0.4, -0.2) is 98.6 Å². The molecule has 5 fully saturated rings. The van der Waals surface area contributed by atoms with Gasteiger partial charge in [0.25, 0.3) is 0 Å². The zero-order chi connectivity index (χ0) is 36.6. The minimum absolute atomic E-state index is 0.0140. The van der Waals surface area contributed by atoms with E-state index in [1.807, 2.05) is 0 Å². The molecule has 9 rings (SSSR count). The number of halogens is 3. The number of phenolic OH excluding ortho intramolecular Hbond substituents is 1. The van der Waals surface area contributed by atoms with E-state index in [0.29, 0.717) is 73.7 Å². The third kappa shape index (κ3) is 5.75. The van der Waals surface area contributed by atoms with Crippen LogP contribution >= 0.6 is 0 Å². The van der Waals surface area contributed by atoms with E-state index in [9.17, 15) is 23.8 Å². The molecule has 4 atom stereocenters. The number of amides is 1. The lowest BCUT2D eigenvalue weighted by Gasteiger charge is -2.43. The number of benzene rings is 3. The number of carbonyl (C=O) groups excluding carboxylic acids is 1. The van der Waals surface area contributed by atoms with E-state index >= 15 is 4.39 Å². The molecule has 2 N–H and O–H groups in total. The van der Waals surface area contributed by atoms with Crippen LogP contribution in [0.1, 0.15) is 63.4 Å². The summed E-state index contributed by atoms with van der Waals surface area (Å²) < 4.78 is 53.1. The highest BCUT2D eigenvalue weighted by molar-refractivity contribution is 6.04. The normalized spacial score (nSPS) is 28.5. The average Bonchev–Trinajstić information content (AvgIpc) is 3.77. The van der Waals surface area contributed by atoms with Crippen LogP contribution < -0.4 is 9.64 Å². The Bertz CT molecular complexity index is 2160. The van der Waals surface area contributed by atoms with Gasteiger partial charge in [-0.2, -0.15) is 9.97 Å². The standard InChI is InChI=1S/C41H42F3N5O4/c1-2-30-34(43)13-6-24-16-29(51)17-33(35(24)30)31-11-12-32-37(36(31)44)45-40(53-22-41-14-3-15-48(41)19-25(42)18-41)46-38(32)47-20-26-7-8-27(21-47)49(26)39(52)23-4-9-28(50)10-5-23/h1,6,11-13,16-17,23,25-28,50-51H,3-5,7-10,14-15,18-22H2/t23?,25-,26?,27?,28?,41+/m1/s1. The van der Waals surface area contributed by atoms with Crippen molar-refractivity contribution in [1.82, 2.24) is 19.8 Å². The molecular weight excluding hydrogens is 683 g/mol. The van der Waals surface area contributed by atoms with Crippen molar-refractivity contribution in [2.75, 3.05) is 37.7 Å². The SMILES string of the molecule is C#Cc1c(F)ccc2cc(O)cc(-c3ccc4c(N5CC6CCC(C5)N6C(=O)C5CCC(O)CC5)nc(OC[C@@]56CCCN5C[C@H](F)C6)nc4c3F)c12. The topological polar surface area (TPSA) is 102 Å². The van der Waals surface area contributed by atoms with Gasteiger partial charge in [0.15, 0.2) is 5.82 Å². The van der Waals surface area contributed by atoms with Crippen LogP contribution in [0.25, 0.3) is 32.8 Å². The molecule has 1 amide bonds. The van der Waals surface area contributed by atoms with E-state index in [1.54, 1.807) is 12.1 Å². The Morgan fingerprint density at radius 3 is 2.53 bits per heavy atom. The Hall–Kier alpha value is -4.60. The molecule has 9 nitrogen and oxygen atoms in total. The summed E-state index contributed by atoms with van der Waals surface area (Å²) in [4.78, 5) is 29.6. The largest absolute Gasteiger partial charge is 0.508 e. The average molecular weight is 726 g/mol. The fourth-order valence-electron chi connectivity index (χ4n) is 10.0. The number of aromatic hydroxyl groups is 1. The number of ether oxygens (including phenoxy) is 1. The van der Waals surface area contributed by atoms with Gasteiger partial charge in [-0.25, -0.2) is 13.2 Å². The third-order valence-corrected chi connectivity index (χ3v) is 12.6. The summed E-state index contributed by atoms with van der Waals surface area (Å²) >= 11 is 0. The van der Waals surface area contributed by atoms with Gasteiger partial charge in [-0.1, -0.05) is 18.1 Å². The van der Waals surface area contributed by atoms with Crippen molar-refractivity contribution in [3.63, 3.8) is 0 Å². The van der Waals surface area contributed by atoms with E-state index in [1.165, 1.54) is 24.3 Å². The van der Waals surface area contributed by atoms with Crippen LogP contribution in [0.3, 0.4) is 0 Å². The van der Waals surface area contributed by atoms with Gasteiger partial charge < -0.3 is 24.7 Å². The quantitative estimate of drug-likeness (QED) is 0.230. The molecule has 0 radical (unpaired) electrons. The summed E-state index contributed by atoms with van der Waals surface area (Å²) in [6.07, 6.45) is 10.8. The van der Waals surface area contributed by atoms with Gasteiger partial charge in [0.2, 0.25) is 5.91 Å². The summed E-state index contributed by atoms with van der Waals surface area (Å²) in [5.74, 6) is 1.46. The maximum atomic E-state index is 17.1. The number of piperazine rings is 1. The highest BCUT2D eigenvalue weighted by Crippen LogP contribution is 2.43. The fraction of sp³-hybridized carbons (Fsp3) is 0.488. The van der Waals surface area contributed by atoms with Crippen LogP contribution in [0.4, 0.5) is 19.0 Å². The van der Waals surface area contributed by atoms with Gasteiger partial charge in [0.05, 0.1) is 17.2 Å². The molecule has 4 saturated heterocycles. The molecule has 2 unspecified atom stereocenters. The molecule has 0 spiro atoms. The summed E-state index contributed by atoms with van der Waals surface area (Å²) in [7, 11) is 0. The number of rotatable bonds is 6. The monoisotopic (exact) mass is 725 g/mol. The lowest BCUT2D eigenvalue weighted by Crippen LogP contribution is -2.57. The number of nitrogens with zero attached hydrogens (tertiary/aromatic N) is 5. The number of hydrogen-bond donors (Lipinski definition) is 2. The third-order valence-electron chi connectivity index (χ3n) is 12.6. The Balaban J connectivity index is 1.12. The number of carbonyl (C=O) groups is 1.